The molecule has 0 fully saturated rings. The first kappa shape index (κ1) is 33.2. The van der Waals surface area contributed by atoms with Crippen molar-refractivity contribution in [1.29, 1.82) is 0 Å². The Balaban J connectivity index is 1.42. The van der Waals surface area contributed by atoms with Gasteiger partial charge in [0.1, 0.15) is 29.4 Å². The Labute approximate surface area is 271 Å². The van der Waals surface area contributed by atoms with Crippen molar-refractivity contribution in [3.63, 3.8) is 0 Å². The largest absolute Gasteiger partial charge is 0.490 e. The van der Waals surface area contributed by atoms with Crippen LogP contribution in [0.5, 0.6) is 11.5 Å². The Kier molecular flexibility index (Phi) is 11.0. The summed E-state index contributed by atoms with van der Waals surface area (Å²) in [5, 5.41) is 6.56. The molecule has 0 saturated carbocycles. The first-order valence-corrected chi connectivity index (χ1v) is 14.8. The van der Waals surface area contributed by atoms with E-state index in [2.05, 4.69) is 20.6 Å². The maximum absolute atomic E-state index is 13.0. The van der Waals surface area contributed by atoms with Crippen molar-refractivity contribution in [1.82, 2.24) is 15.3 Å². The van der Waals surface area contributed by atoms with E-state index in [1.165, 1.54) is 24.1 Å². The van der Waals surface area contributed by atoms with E-state index in [9.17, 15) is 14.4 Å². The number of benzene rings is 2. The fourth-order valence-corrected chi connectivity index (χ4v) is 4.92. The van der Waals surface area contributed by atoms with Gasteiger partial charge < -0.3 is 25.0 Å². The van der Waals surface area contributed by atoms with Crippen molar-refractivity contribution < 1.29 is 23.9 Å². The van der Waals surface area contributed by atoms with Gasteiger partial charge in [-0.15, -0.1) is 0 Å². The number of amides is 3. The Morgan fingerprint density at radius 3 is 2.53 bits per heavy atom. The molecule has 0 spiro atoms. The third-order valence-electron chi connectivity index (χ3n) is 6.46. The fraction of sp³-hybridized carbons (Fsp3) is 0.242. The summed E-state index contributed by atoms with van der Waals surface area (Å²) in [5.74, 6) is 0.541. The number of aromatic nitrogens is 2. The summed E-state index contributed by atoms with van der Waals surface area (Å²) in [6.07, 6.45) is 4.33. The molecule has 2 aromatic carbocycles. The van der Waals surface area contributed by atoms with Crippen molar-refractivity contribution in [2.45, 2.75) is 40.4 Å². The number of hydrogen-bond acceptors (Lipinski definition) is 7. The molecular weight excluding hydrogens is 617 g/mol. The quantitative estimate of drug-likeness (QED) is 0.181. The molecule has 234 valence electrons. The van der Waals surface area contributed by atoms with Gasteiger partial charge in [-0.2, -0.15) is 0 Å². The van der Waals surface area contributed by atoms with Crippen LogP contribution < -0.4 is 25.0 Å². The lowest BCUT2D eigenvalue weighted by molar-refractivity contribution is -0.122. The number of halogens is 2. The van der Waals surface area contributed by atoms with E-state index in [1.54, 1.807) is 37.4 Å². The number of fused-ring (bicyclic) bond motifs is 1. The van der Waals surface area contributed by atoms with Gasteiger partial charge in [0.05, 0.1) is 23.4 Å². The summed E-state index contributed by atoms with van der Waals surface area (Å²) in [4.78, 5) is 46.5. The summed E-state index contributed by atoms with van der Waals surface area (Å²) in [6.45, 7) is 6.94. The number of rotatable bonds is 11. The molecule has 3 amide bonds. The molecule has 2 heterocycles. The molecule has 0 aliphatic heterocycles. The average Bonchev–Trinajstić information content (AvgIpc) is 2.98. The number of nitrogens with zero attached hydrogens (tertiary/aromatic N) is 3. The Morgan fingerprint density at radius 1 is 1.07 bits per heavy atom. The molecule has 0 saturated heterocycles. The zero-order chi connectivity index (χ0) is 32.7. The number of pyridine rings is 2. The van der Waals surface area contributed by atoms with E-state index < -0.39 is 11.8 Å². The molecule has 4 rings (SSSR count). The highest BCUT2D eigenvalue weighted by molar-refractivity contribution is 6.38. The third-order valence-corrected chi connectivity index (χ3v) is 7.24. The molecule has 2 N–H and O–H groups in total. The van der Waals surface area contributed by atoms with E-state index in [0.717, 1.165) is 11.1 Å². The van der Waals surface area contributed by atoms with Gasteiger partial charge in [-0.1, -0.05) is 29.3 Å². The van der Waals surface area contributed by atoms with E-state index in [4.69, 9.17) is 32.7 Å². The van der Waals surface area contributed by atoms with Crippen molar-refractivity contribution in [2.24, 2.45) is 0 Å². The highest BCUT2D eigenvalue weighted by Gasteiger charge is 2.20. The van der Waals surface area contributed by atoms with Crippen molar-refractivity contribution in [2.75, 3.05) is 23.8 Å². The number of para-hydroxylation sites is 1. The standard InChI is InChI=1S/C33H33Cl2N5O5/c1-19(2)45-28-15-20(3)38-33-23(28)7-6-8-27(33)44-18-24-25(34)11-12-26(32(24)35)40(5)31(43)17-37-30(42)14-10-22-9-13-29(36-16-22)39-21(4)41/h6-16,19H,17-18H2,1-5H3,(H,37,42)(H,36,39,41)/b14-10+. The van der Waals surface area contributed by atoms with Gasteiger partial charge in [-0.3, -0.25) is 14.4 Å². The third kappa shape index (κ3) is 8.71. The maximum atomic E-state index is 13.0. The maximum Gasteiger partial charge on any atom is 0.246 e. The summed E-state index contributed by atoms with van der Waals surface area (Å²) in [6, 6.07) is 14.1. The van der Waals surface area contributed by atoms with Gasteiger partial charge >= 0.3 is 0 Å². The monoisotopic (exact) mass is 649 g/mol. The minimum atomic E-state index is -0.472. The van der Waals surface area contributed by atoms with Crippen molar-refractivity contribution in [3.8, 4) is 11.5 Å². The van der Waals surface area contributed by atoms with Crippen molar-refractivity contribution >= 4 is 69.4 Å². The predicted molar refractivity (Wildman–Crippen MR) is 177 cm³/mol. The van der Waals surface area contributed by atoms with E-state index in [-0.39, 0.29) is 30.2 Å². The van der Waals surface area contributed by atoms with E-state index in [1.807, 2.05) is 45.0 Å². The zero-order valence-electron chi connectivity index (χ0n) is 25.5. The zero-order valence-corrected chi connectivity index (χ0v) is 27.0. The molecule has 0 radical (unpaired) electrons. The highest BCUT2D eigenvalue weighted by Crippen LogP contribution is 2.36. The molecule has 0 aliphatic rings. The van der Waals surface area contributed by atoms with Gasteiger partial charge in [-0.25, -0.2) is 9.97 Å². The van der Waals surface area contributed by atoms with Crippen LogP contribution in [-0.4, -0.2) is 47.4 Å². The second kappa shape index (κ2) is 14.9. The van der Waals surface area contributed by atoms with Gasteiger partial charge in [0.15, 0.2) is 0 Å². The Morgan fingerprint density at radius 2 is 1.84 bits per heavy atom. The SMILES string of the molecule is CC(=O)Nc1ccc(/C=C/C(=O)NCC(=O)N(C)c2ccc(Cl)c(COc3cccc4c(OC(C)C)cc(C)nc34)c2Cl)cn1. The van der Waals surface area contributed by atoms with Crippen LogP contribution in [-0.2, 0) is 21.0 Å². The molecule has 0 atom stereocenters. The summed E-state index contributed by atoms with van der Waals surface area (Å²) < 4.78 is 12.2. The highest BCUT2D eigenvalue weighted by atomic mass is 35.5. The predicted octanol–water partition coefficient (Wildman–Crippen LogP) is 6.36. The molecular formula is C33H33Cl2N5O5. The molecule has 0 unspecified atom stereocenters. The number of anilines is 2. The lowest BCUT2D eigenvalue weighted by Crippen LogP contribution is -2.37. The van der Waals surface area contributed by atoms with Crippen LogP contribution in [0.2, 0.25) is 10.0 Å². The minimum absolute atomic E-state index is 0.0111. The van der Waals surface area contributed by atoms with Gasteiger partial charge in [-0.05, 0) is 68.8 Å². The number of hydrogen-bond donors (Lipinski definition) is 2. The molecule has 10 nitrogen and oxygen atoms in total. The fourth-order valence-electron chi connectivity index (χ4n) is 4.31. The molecule has 2 aromatic heterocycles. The Bertz CT molecular complexity index is 1760. The molecule has 12 heteroatoms. The second-order valence-corrected chi connectivity index (χ2v) is 11.2. The van der Waals surface area contributed by atoms with Crippen LogP contribution in [0.4, 0.5) is 11.5 Å². The number of carbonyl (C=O) groups is 3. The number of carbonyl (C=O) groups excluding carboxylic acids is 3. The lowest BCUT2D eigenvalue weighted by atomic mass is 10.1. The van der Waals surface area contributed by atoms with Crippen LogP contribution in [0, 0.1) is 6.92 Å². The molecule has 0 aliphatic carbocycles. The minimum Gasteiger partial charge on any atom is -0.490 e. The summed E-state index contributed by atoms with van der Waals surface area (Å²) >= 11 is 13.2. The first-order chi connectivity index (χ1) is 21.4. The van der Waals surface area contributed by atoms with Gasteiger partial charge in [0.25, 0.3) is 0 Å². The lowest BCUT2D eigenvalue weighted by Gasteiger charge is -2.21. The number of aryl methyl sites for hydroxylation is 1. The van der Waals surface area contributed by atoms with Gasteiger partial charge in [0, 0.05) is 54.0 Å². The topological polar surface area (TPSA) is 123 Å². The van der Waals surface area contributed by atoms with E-state index in [0.29, 0.717) is 44.7 Å². The molecule has 0 bridgehead atoms. The Hall–Kier alpha value is -4.67. The summed E-state index contributed by atoms with van der Waals surface area (Å²) in [5.41, 5.74) is 2.96. The number of ether oxygens (including phenoxy) is 2. The number of nitrogens with one attached hydrogen (secondary N) is 2. The molecule has 4 aromatic rings. The first-order valence-electron chi connectivity index (χ1n) is 14.1. The van der Waals surface area contributed by atoms with Crippen LogP contribution in [0.15, 0.2) is 60.8 Å². The average molecular weight is 651 g/mol. The number of likely N-dealkylation sites (N-methyl/N-ethyl adjacent to an activating group) is 1. The van der Waals surface area contributed by atoms with Gasteiger partial charge in [0.2, 0.25) is 17.7 Å². The smallest absolute Gasteiger partial charge is 0.246 e. The van der Waals surface area contributed by atoms with Crippen LogP contribution in [0.25, 0.3) is 17.0 Å². The van der Waals surface area contributed by atoms with Crippen LogP contribution in [0.1, 0.15) is 37.6 Å². The molecule has 45 heavy (non-hydrogen) atoms. The normalized spacial score (nSPS) is 11.1. The van der Waals surface area contributed by atoms with Crippen LogP contribution >= 0.6 is 23.2 Å². The van der Waals surface area contributed by atoms with E-state index >= 15 is 0 Å². The van der Waals surface area contributed by atoms with Crippen molar-refractivity contribution in [3.05, 3.63) is 87.7 Å². The second-order valence-electron chi connectivity index (χ2n) is 10.4. The summed E-state index contributed by atoms with van der Waals surface area (Å²) in [7, 11) is 1.56. The van der Waals surface area contributed by atoms with Crippen LogP contribution in [0.3, 0.4) is 0 Å².